The average Bonchev–Trinajstić information content (AvgIpc) is 3.32. The van der Waals surface area contributed by atoms with Crippen LogP contribution in [0.1, 0.15) is 48.5 Å². The topological polar surface area (TPSA) is 82.1 Å². The number of carbonyl (C=O) groups excluding carboxylic acids is 1. The number of nitrogens with one attached hydrogen (secondary N) is 1. The van der Waals surface area contributed by atoms with E-state index in [1.54, 1.807) is 6.20 Å². The van der Waals surface area contributed by atoms with Crippen molar-refractivity contribution in [1.82, 2.24) is 19.9 Å². The van der Waals surface area contributed by atoms with Gasteiger partial charge in [-0.1, -0.05) is 55.5 Å². The molecule has 0 fully saturated rings. The van der Waals surface area contributed by atoms with Crippen LogP contribution < -0.4 is 0 Å². The predicted molar refractivity (Wildman–Crippen MR) is 142 cm³/mol. The van der Waals surface area contributed by atoms with Gasteiger partial charge in [0.05, 0.1) is 0 Å². The summed E-state index contributed by atoms with van der Waals surface area (Å²) in [6.07, 6.45) is 5.93. The highest BCUT2D eigenvalue weighted by Crippen LogP contribution is 2.29. The van der Waals surface area contributed by atoms with Crippen LogP contribution in [0.2, 0.25) is 0 Å². The van der Waals surface area contributed by atoms with Crippen LogP contribution in [-0.4, -0.2) is 57.5 Å². The summed E-state index contributed by atoms with van der Waals surface area (Å²) in [4.78, 5) is 27.6. The maximum Gasteiger partial charge on any atom is 0.162 e. The predicted octanol–water partition coefficient (Wildman–Crippen LogP) is 5.52. The van der Waals surface area contributed by atoms with Gasteiger partial charge in [-0.3, -0.25) is 4.79 Å². The van der Waals surface area contributed by atoms with Crippen LogP contribution >= 0.6 is 0 Å². The summed E-state index contributed by atoms with van der Waals surface area (Å²) in [5, 5.41) is 9.15. The monoisotopic (exact) mass is 470 g/mol. The zero-order valence-corrected chi connectivity index (χ0v) is 20.6. The maximum absolute atomic E-state index is 12.6. The lowest BCUT2D eigenvalue weighted by Crippen LogP contribution is -2.21. The van der Waals surface area contributed by atoms with Crippen LogP contribution in [0.15, 0.2) is 60.8 Å². The molecular weight excluding hydrogens is 436 g/mol. The SMILES string of the molecule is CCCN(C)CCCC(=O)c1ccc(-c2nc3c(-c4cccc(CCCO)c4)ccnc3[nH]2)cc1. The van der Waals surface area contributed by atoms with Gasteiger partial charge in [-0.15, -0.1) is 0 Å². The molecule has 6 heteroatoms. The van der Waals surface area contributed by atoms with Crippen molar-refractivity contribution in [3.05, 3.63) is 71.9 Å². The van der Waals surface area contributed by atoms with Crippen molar-refractivity contribution in [2.45, 2.75) is 39.0 Å². The minimum Gasteiger partial charge on any atom is -0.396 e. The molecule has 35 heavy (non-hydrogen) atoms. The Labute approximate surface area is 207 Å². The summed E-state index contributed by atoms with van der Waals surface area (Å²) in [5.41, 5.74) is 6.49. The Morgan fingerprint density at radius 2 is 1.86 bits per heavy atom. The fourth-order valence-electron chi connectivity index (χ4n) is 4.42. The van der Waals surface area contributed by atoms with Crippen molar-refractivity contribution in [1.29, 1.82) is 0 Å². The van der Waals surface area contributed by atoms with Crippen LogP contribution in [0.5, 0.6) is 0 Å². The standard InChI is InChI=1S/C29H34N4O2/c1-3-17-33(2)18-5-10-26(35)22-11-13-23(14-12-22)28-31-27-25(15-16-30-29(27)32-28)24-9-4-7-21(20-24)8-6-19-34/h4,7,9,11-16,20,34H,3,5-6,8,10,17-19H2,1-2H3,(H,30,31,32). The number of aromatic amines is 1. The number of ketones is 1. The molecule has 4 rings (SSSR count). The van der Waals surface area contributed by atoms with Gasteiger partial charge >= 0.3 is 0 Å². The zero-order chi connectivity index (χ0) is 24.6. The average molecular weight is 471 g/mol. The highest BCUT2D eigenvalue weighted by molar-refractivity contribution is 5.96. The number of hydrogen-bond acceptors (Lipinski definition) is 5. The van der Waals surface area contributed by atoms with Crippen molar-refractivity contribution >= 4 is 16.9 Å². The Morgan fingerprint density at radius 1 is 1.03 bits per heavy atom. The van der Waals surface area contributed by atoms with E-state index in [9.17, 15) is 4.79 Å². The number of pyridine rings is 1. The Balaban J connectivity index is 1.51. The molecule has 0 saturated carbocycles. The molecule has 2 aromatic heterocycles. The number of aliphatic hydroxyl groups is 1. The Kier molecular flexibility index (Phi) is 8.40. The van der Waals surface area contributed by atoms with Crippen molar-refractivity contribution in [2.24, 2.45) is 0 Å². The third-order valence-corrected chi connectivity index (χ3v) is 6.28. The fourth-order valence-corrected chi connectivity index (χ4v) is 4.42. The lowest BCUT2D eigenvalue weighted by atomic mass is 10.0. The molecule has 0 bridgehead atoms. The number of rotatable bonds is 12. The normalized spacial score (nSPS) is 11.4. The maximum atomic E-state index is 12.6. The largest absolute Gasteiger partial charge is 0.396 e. The molecule has 2 heterocycles. The van der Waals surface area contributed by atoms with Crippen molar-refractivity contribution in [2.75, 3.05) is 26.7 Å². The van der Waals surface area contributed by atoms with Crippen LogP contribution in [0, 0.1) is 0 Å². The quantitative estimate of drug-likeness (QED) is 0.266. The number of aliphatic hydroxyl groups excluding tert-OH is 1. The van der Waals surface area contributed by atoms with Gasteiger partial charge in [-0.2, -0.15) is 0 Å². The van der Waals surface area contributed by atoms with E-state index in [2.05, 4.69) is 47.0 Å². The smallest absolute Gasteiger partial charge is 0.162 e. The van der Waals surface area contributed by atoms with Crippen LogP contribution in [0.25, 0.3) is 33.7 Å². The molecule has 0 unspecified atom stereocenters. The highest BCUT2D eigenvalue weighted by atomic mass is 16.2. The summed E-state index contributed by atoms with van der Waals surface area (Å²) in [6.45, 7) is 4.36. The van der Waals surface area contributed by atoms with E-state index >= 15 is 0 Å². The van der Waals surface area contributed by atoms with Gasteiger partial charge in [0, 0.05) is 35.9 Å². The van der Waals surface area contributed by atoms with E-state index in [0.717, 1.165) is 78.0 Å². The summed E-state index contributed by atoms with van der Waals surface area (Å²) in [6, 6.07) is 18.0. The first-order valence-electron chi connectivity index (χ1n) is 12.5. The number of imidazole rings is 1. The van der Waals surface area contributed by atoms with E-state index in [1.807, 2.05) is 36.4 Å². The first-order chi connectivity index (χ1) is 17.1. The number of fused-ring (bicyclic) bond motifs is 1. The summed E-state index contributed by atoms with van der Waals surface area (Å²) < 4.78 is 0. The van der Waals surface area contributed by atoms with Gasteiger partial charge in [0.2, 0.25) is 0 Å². The molecule has 0 spiro atoms. The third kappa shape index (κ3) is 6.21. The molecule has 0 saturated heterocycles. The van der Waals surface area contributed by atoms with Gasteiger partial charge in [0.15, 0.2) is 11.4 Å². The minimum absolute atomic E-state index is 0.177. The molecule has 2 N–H and O–H groups in total. The molecule has 0 radical (unpaired) electrons. The van der Waals surface area contributed by atoms with Crippen LogP contribution in [0.4, 0.5) is 0 Å². The first-order valence-corrected chi connectivity index (χ1v) is 12.5. The number of aromatic nitrogens is 3. The third-order valence-electron chi connectivity index (χ3n) is 6.28. The number of benzene rings is 2. The van der Waals surface area contributed by atoms with E-state index < -0.39 is 0 Å². The van der Waals surface area contributed by atoms with Gasteiger partial charge in [0.25, 0.3) is 0 Å². The van der Waals surface area contributed by atoms with E-state index in [1.165, 1.54) is 5.56 Å². The first kappa shape index (κ1) is 24.8. The van der Waals surface area contributed by atoms with Gasteiger partial charge in [-0.05, 0) is 63.0 Å². The lowest BCUT2D eigenvalue weighted by molar-refractivity contribution is 0.0976. The Morgan fingerprint density at radius 3 is 2.63 bits per heavy atom. The van der Waals surface area contributed by atoms with E-state index in [4.69, 9.17) is 10.1 Å². The molecular formula is C29H34N4O2. The molecule has 0 amide bonds. The van der Waals surface area contributed by atoms with Crippen molar-refractivity contribution in [3.63, 3.8) is 0 Å². The van der Waals surface area contributed by atoms with Gasteiger partial charge in [-0.25, -0.2) is 9.97 Å². The number of nitrogens with zero attached hydrogens (tertiary/aromatic N) is 3. The molecule has 0 atom stereocenters. The number of Topliss-reactive ketones (excluding diaryl/α,β-unsaturated/α-hetero) is 1. The molecule has 4 aromatic rings. The fraction of sp³-hybridized carbons (Fsp3) is 0.345. The molecule has 2 aromatic carbocycles. The second kappa shape index (κ2) is 11.9. The molecule has 0 aliphatic rings. The van der Waals surface area contributed by atoms with Gasteiger partial charge in [0.1, 0.15) is 11.3 Å². The van der Waals surface area contributed by atoms with Gasteiger partial charge < -0.3 is 15.0 Å². The Hall–Kier alpha value is -3.35. The van der Waals surface area contributed by atoms with Crippen molar-refractivity contribution < 1.29 is 9.90 Å². The number of H-pyrrole nitrogens is 1. The second-order valence-corrected chi connectivity index (χ2v) is 9.08. The molecule has 182 valence electrons. The Bertz CT molecular complexity index is 1260. The number of aryl methyl sites for hydroxylation is 1. The van der Waals surface area contributed by atoms with Crippen molar-refractivity contribution in [3.8, 4) is 22.5 Å². The number of carbonyl (C=O) groups is 1. The molecule has 0 aliphatic heterocycles. The minimum atomic E-state index is 0.177. The second-order valence-electron chi connectivity index (χ2n) is 9.08. The molecule has 6 nitrogen and oxygen atoms in total. The zero-order valence-electron chi connectivity index (χ0n) is 20.6. The summed E-state index contributed by atoms with van der Waals surface area (Å²) in [5.74, 6) is 0.910. The number of hydrogen-bond donors (Lipinski definition) is 2. The highest BCUT2D eigenvalue weighted by Gasteiger charge is 2.13. The van der Waals surface area contributed by atoms with E-state index in [-0.39, 0.29) is 12.4 Å². The summed E-state index contributed by atoms with van der Waals surface area (Å²) >= 11 is 0. The van der Waals surface area contributed by atoms with Crippen LogP contribution in [0.3, 0.4) is 0 Å². The van der Waals surface area contributed by atoms with E-state index in [0.29, 0.717) is 6.42 Å². The lowest BCUT2D eigenvalue weighted by Gasteiger charge is -2.14. The van der Waals surface area contributed by atoms with Crippen LogP contribution in [-0.2, 0) is 6.42 Å². The molecule has 0 aliphatic carbocycles. The summed E-state index contributed by atoms with van der Waals surface area (Å²) in [7, 11) is 2.10.